The summed E-state index contributed by atoms with van der Waals surface area (Å²) in [6, 6.07) is 3.67. The Morgan fingerprint density at radius 1 is 1.26 bits per heavy atom. The Bertz CT molecular complexity index is 786. The van der Waals surface area contributed by atoms with Crippen molar-refractivity contribution in [2.24, 2.45) is 11.5 Å². The second-order valence-corrected chi connectivity index (χ2v) is 6.97. The fourth-order valence-corrected chi connectivity index (χ4v) is 3.02. The molecule has 0 radical (unpaired) electrons. The third-order valence-electron chi connectivity index (χ3n) is 3.67. The molecule has 0 fully saturated rings. The Morgan fingerprint density at radius 3 is 2.85 bits per heavy atom. The van der Waals surface area contributed by atoms with Gasteiger partial charge in [-0.15, -0.1) is 10.2 Å². The lowest BCUT2D eigenvalue weighted by atomic mass is 10.1. The van der Waals surface area contributed by atoms with Gasteiger partial charge in [-0.25, -0.2) is 0 Å². The van der Waals surface area contributed by atoms with Crippen molar-refractivity contribution in [3.05, 3.63) is 58.8 Å². The first-order valence-corrected chi connectivity index (χ1v) is 9.49. The number of aromatic nitrogens is 3. The van der Waals surface area contributed by atoms with Gasteiger partial charge >= 0.3 is 0 Å². The molecule has 9 heteroatoms. The number of carbonyl (C=O) groups is 1. The standard InChI is InChI=1S/C18H25N7OS/c1-21-15(20)9-8-14(19)6-2-3-7-17-24-25-18(27-17)23-16(26)11-13-5-4-10-22-12-13/h4-5,8-10,12,21H,2-3,6-7,11,19-20H2,1H3,(H,23,25,26)/b14-8-,15-9+. The van der Waals surface area contributed by atoms with E-state index in [4.69, 9.17) is 11.5 Å². The maximum absolute atomic E-state index is 12.0. The lowest BCUT2D eigenvalue weighted by Crippen LogP contribution is -2.14. The van der Waals surface area contributed by atoms with Gasteiger partial charge in [-0.1, -0.05) is 17.4 Å². The van der Waals surface area contributed by atoms with E-state index in [1.54, 1.807) is 31.6 Å². The van der Waals surface area contributed by atoms with Gasteiger partial charge in [0.25, 0.3) is 0 Å². The molecule has 0 spiro atoms. The van der Waals surface area contributed by atoms with Gasteiger partial charge in [0, 0.05) is 31.6 Å². The largest absolute Gasteiger partial charge is 0.402 e. The Balaban J connectivity index is 1.70. The number of amides is 1. The van der Waals surface area contributed by atoms with Crippen LogP contribution in [0.4, 0.5) is 5.13 Å². The number of aryl methyl sites for hydroxylation is 1. The van der Waals surface area contributed by atoms with Crippen LogP contribution in [0, 0.1) is 0 Å². The van der Waals surface area contributed by atoms with Crippen LogP contribution in [-0.2, 0) is 17.6 Å². The summed E-state index contributed by atoms with van der Waals surface area (Å²) >= 11 is 1.40. The molecule has 0 aliphatic rings. The molecule has 144 valence electrons. The van der Waals surface area contributed by atoms with Gasteiger partial charge in [0.15, 0.2) is 0 Å². The third-order valence-corrected chi connectivity index (χ3v) is 4.57. The predicted octanol–water partition coefficient (Wildman–Crippen LogP) is 1.69. The molecule has 2 rings (SSSR count). The van der Waals surface area contributed by atoms with Gasteiger partial charge in [-0.2, -0.15) is 0 Å². The molecule has 8 nitrogen and oxygen atoms in total. The van der Waals surface area contributed by atoms with Crippen molar-refractivity contribution in [2.45, 2.75) is 32.1 Å². The number of pyridine rings is 1. The highest BCUT2D eigenvalue weighted by atomic mass is 32.1. The average Bonchev–Trinajstić information content (AvgIpc) is 3.11. The number of anilines is 1. The van der Waals surface area contributed by atoms with Gasteiger partial charge in [0.1, 0.15) is 5.01 Å². The fraction of sp³-hybridized carbons (Fsp3) is 0.333. The molecule has 0 aromatic carbocycles. The van der Waals surface area contributed by atoms with Crippen molar-refractivity contribution in [1.82, 2.24) is 20.5 Å². The molecule has 0 atom stereocenters. The van der Waals surface area contributed by atoms with Crippen LogP contribution < -0.4 is 22.1 Å². The van der Waals surface area contributed by atoms with Gasteiger partial charge in [0.05, 0.1) is 12.2 Å². The van der Waals surface area contributed by atoms with Gasteiger partial charge < -0.3 is 22.1 Å². The van der Waals surface area contributed by atoms with Crippen molar-refractivity contribution in [3.8, 4) is 0 Å². The first-order valence-electron chi connectivity index (χ1n) is 8.67. The molecular formula is C18H25N7OS. The lowest BCUT2D eigenvalue weighted by molar-refractivity contribution is -0.115. The Labute approximate surface area is 162 Å². The van der Waals surface area contributed by atoms with Crippen LogP contribution in [0.1, 0.15) is 29.8 Å². The smallest absolute Gasteiger partial charge is 0.230 e. The summed E-state index contributed by atoms with van der Waals surface area (Å²) < 4.78 is 0. The average molecular weight is 388 g/mol. The highest BCUT2D eigenvalue weighted by Crippen LogP contribution is 2.18. The maximum Gasteiger partial charge on any atom is 0.230 e. The molecule has 1 amide bonds. The van der Waals surface area contributed by atoms with Crippen molar-refractivity contribution in [1.29, 1.82) is 0 Å². The van der Waals surface area contributed by atoms with Crippen molar-refractivity contribution in [3.63, 3.8) is 0 Å². The van der Waals surface area contributed by atoms with Gasteiger partial charge in [0.2, 0.25) is 11.0 Å². The van der Waals surface area contributed by atoms with E-state index < -0.39 is 0 Å². The van der Waals surface area contributed by atoms with E-state index in [2.05, 4.69) is 25.8 Å². The van der Waals surface area contributed by atoms with Crippen LogP contribution >= 0.6 is 11.3 Å². The molecule has 6 N–H and O–H groups in total. The summed E-state index contributed by atoms with van der Waals surface area (Å²) in [6.07, 6.45) is 10.7. The maximum atomic E-state index is 12.0. The van der Waals surface area contributed by atoms with Gasteiger partial charge in [-0.3, -0.25) is 9.78 Å². The number of nitrogens with two attached hydrogens (primary N) is 2. The first-order chi connectivity index (χ1) is 13.1. The van der Waals surface area contributed by atoms with Crippen LogP contribution in [-0.4, -0.2) is 28.1 Å². The molecule has 2 aromatic heterocycles. The molecule has 27 heavy (non-hydrogen) atoms. The minimum Gasteiger partial charge on any atom is -0.402 e. The number of nitrogens with one attached hydrogen (secondary N) is 2. The molecule has 0 saturated heterocycles. The second-order valence-electron chi connectivity index (χ2n) is 5.91. The van der Waals surface area contributed by atoms with E-state index in [0.29, 0.717) is 11.0 Å². The Kier molecular flexibility index (Phi) is 8.24. The van der Waals surface area contributed by atoms with Crippen molar-refractivity contribution in [2.75, 3.05) is 12.4 Å². The normalized spacial score (nSPS) is 12.0. The summed E-state index contributed by atoms with van der Waals surface area (Å²) in [5.41, 5.74) is 13.2. The zero-order valence-corrected chi connectivity index (χ0v) is 16.1. The quantitative estimate of drug-likeness (QED) is 0.360. The summed E-state index contributed by atoms with van der Waals surface area (Å²) in [5.74, 6) is 0.447. The molecule has 0 bridgehead atoms. The van der Waals surface area contributed by atoms with E-state index in [0.717, 1.165) is 42.0 Å². The van der Waals surface area contributed by atoms with E-state index in [9.17, 15) is 4.79 Å². The van der Waals surface area contributed by atoms with Crippen molar-refractivity contribution >= 4 is 22.4 Å². The number of hydrogen-bond donors (Lipinski definition) is 4. The Hall–Kier alpha value is -2.94. The topological polar surface area (TPSA) is 132 Å². The number of hydrogen-bond acceptors (Lipinski definition) is 8. The molecule has 0 unspecified atom stereocenters. The van der Waals surface area contributed by atoms with Crippen LogP contribution in [0.2, 0.25) is 0 Å². The molecule has 2 heterocycles. The highest BCUT2D eigenvalue weighted by Gasteiger charge is 2.09. The minimum atomic E-state index is -0.127. The third kappa shape index (κ3) is 7.87. The summed E-state index contributed by atoms with van der Waals surface area (Å²) in [7, 11) is 1.76. The summed E-state index contributed by atoms with van der Waals surface area (Å²) in [5, 5.41) is 15.2. The van der Waals surface area contributed by atoms with Gasteiger partial charge in [-0.05, 0) is 43.0 Å². The van der Waals surface area contributed by atoms with Crippen LogP contribution in [0.5, 0.6) is 0 Å². The van der Waals surface area contributed by atoms with E-state index in [-0.39, 0.29) is 12.3 Å². The van der Waals surface area contributed by atoms with Crippen LogP contribution in [0.15, 0.2) is 48.2 Å². The zero-order chi connectivity index (χ0) is 19.5. The lowest BCUT2D eigenvalue weighted by Gasteiger charge is -2.01. The fourth-order valence-electron chi connectivity index (χ4n) is 2.23. The summed E-state index contributed by atoms with van der Waals surface area (Å²) in [6.45, 7) is 0. The molecule has 0 aliphatic carbocycles. The SMILES string of the molecule is CN/C(N)=C/C=C(\N)CCCCc1nnc(NC(=O)Cc2cccnc2)s1. The molecule has 2 aromatic rings. The van der Waals surface area contributed by atoms with E-state index >= 15 is 0 Å². The zero-order valence-electron chi connectivity index (χ0n) is 15.3. The number of rotatable bonds is 10. The highest BCUT2D eigenvalue weighted by molar-refractivity contribution is 7.15. The Morgan fingerprint density at radius 2 is 2.11 bits per heavy atom. The predicted molar refractivity (Wildman–Crippen MR) is 108 cm³/mol. The number of unbranched alkanes of at least 4 members (excludes halogenated alkanes) is 1. The van der Waals surface area contributed by atoms with Crippen molar-refractivity contribution < 1.29 is 4.79 Å². The molecule has 0 saturated carbocycles. The summed E-state index contributed by atoms with van der Waals surface area (Å²) in [4.78, 5) is 16.0. The molecular weight excluding hydrogens is 362 g/mol. The van der Waals surface area contributed by atoms with E-state index in [1.165, 1.54) is 11.3 Å². The van der Waals surface area contributed by atoms with E-state index in [1.807, 2.05) is 12.1 Å². The number of allylic oxidation sites excluding steroid dienone is 3. The van der Waals surface area contributed by atoms with Crippen LogP contribution in [0.25, 0.3) is 0 Å². The minimum absolute atomic E-state index is 0.127. The van der Waals surface area contributed by atoms with Crippen LogP contribution in [0.3, 0.4) is 0 Å². The number of carbonyl (C=O) groups excluding carboxylic acids is 1. The molecule has 0 aliphatic heterocycles. The number of nitrogens with zero attached hydrogens (tertiary/aromatic N) is 3. The monoisotopic (exact) mass is 387 g/mol. The first kappa shape index (κ1) is 20.4. The second kappa shape index (κ2) is 10.9.